The van der Waals surface area contributed by atoms with E-state index in [1.807, 2.05) is 19.9 Å². The van der Waals surface area contributed by atoms with Crippen LogP contribution in [0, 0.1) is 5.92 Å². The molecule has 6 nitrogen and oxygen atoms in total. The molecule has 1 aliphatic heterocycles. The molecule has 2 aliphatic rings. The molecule has 1 fully saturated rings. The number of hydrogen-bond donors (Lipinski definition) is 2. The molecular weight excluding hydrogens is 409 g/mol. The normalized spacial score (nSPS) is 17.5. The van der Waals surface area contributed by atoms with E-state index >= 15 is 0 Å². The van der Waals surface area contributed by atoms with Gasteiger partial charge in [-0.1, -0.05) is 19.9 Å². The van der Waals surface area contributed by atoms with Crippen LogP contribution in [-0.4, -0.2) is 40.6 Å². The van der Waals surface area contributed by atoms with Crippen LogP contribution in [0.1, 0.15) is 49.4 Å². The van der Waals surface area contributed by atoms with Crippen LogP contribution < -0.4 is 15.0 Å². The third-order valence-electron chi connectivity index (χ3n) is 5.79. The monoisotopic (exact) mass is 436 g/mol. The molecule has 31 heavy (non-hydrogen) atoms. The second-order valence-corrected chi connectivity index (χ2v) is 8.58. The number of alkyl halides is 3. The summed E-state index contributed by atoms with van der Waals surface area (Å²) in [5, 5.41) is 12.9. The number of anilines is 2. The van der Waals surface area contributed by atoms with Gasteiger partial charge in [-0.3, -0.25) is 0 Å². The quantitative estimate of drug-likeness (QED) is 0.677. The Morgan fingerprint density at radius 1 is 1.19 bits per heavy atom. The Labute approximate surface area is 179 Å². The lowest BCUT2D eigenvalue weighted by atomic mass is 9.99. The number of aliphatic hydroxyl groups excluding tert-OH is 1. The van der Waals surface area contributed by atoms with Crippen molar-refractivity contribution in [3.8, 4) is 5.75 Å². The molecule has 4 rings (SSSR count). The van der Waals surface area contributed by atoms with Gasteiger partial charge in [0, 0.05) is 25.1 Å². The third-order valence-corrected chi connectivity index (χ3v) is 5.79. The Morgan fingerprint density at radius 2 is 1.97 bits per heavy atom. The molecule has 0 bridgehead atoms. The van der Waals surface area contributed by atoms with E-state index < -0.39 is 6.36 Å². The molecule has 0 radical (unpaired) electrons. The van der Waals surface area contributed by atoms with E-state index in [4.69, 9.17) is 4.98 Å². The van der Waals surface area contributed by atoms with Gasteiger partial charge in [0.2, 0.25) is 5.95 Å². The van der Waals surface area contributed by atoms with Gasteiger partial charge in [0.15, 0.2) is 0 Å². The lowest BCUT2D eigenvalue weighted by Gasteiger charge is -2.31. The lowest BCUT2D eigenvalue weighted by molar-refractivity contribution is -0.274. The molecule has 1 aliphatic carbocycles. The molecular formula is C22H27F3N4O2. The summed E-state index contributed by atoms with van der Waals surface area (Å²) >= 11 is 0. The Bertz CT molecular complexity index is 931. The number of rotatable bonds is 7. The van der Waals surface area contributed by atoms with E-state index in [1.165, 1.54) is 12.1 Å². The van der Waals surface area contributed by atoms with E-state index in [0.717, 1.165) is 35.5 Å². The van der Waals surface area contributed by atoms with Gasteiger partial charge in [0.05, 0.1) is 18.3 Å². The van der Waals surface area contributed by atoms with Crippen molar-refractivity contribution < 1.29 is 23.0 Å². The number of nitrogens with zero attached hydrogens (tertiary/aromatic N) is 3. The minimum Gasteiger partial charge on any atom is -0.406 e. The maximum Gasteiger partial charge on any atom is 0.573 e. The summed E-state index contributed by atoms with van der Waals surface area (Å²) in [7, 11) is 0. The van der Waals surface area contributed by atoms with Gasteiger partial charge >= 0.3 is 6.36 Å². The topological polar surface area (TPSA) is 70.5 Å². The first-order valence-electron chi connectivity index (χ1n) is 10.6. The van der Waals surface area contributed by atoms with Crippen LogP contribution >= 0.6 is 0 Å². The van der Waals surface area contributed by atoms with E-state index in [2.05, 4.69) is 19.9 Å². The fourth-order valence-electron chi connectivity index (χ4n) is 3.78. The molecule has 1 atom stereocenters. The number of fused-ring (bicyclic) bond motifs is 1. The zero-order valence-corrected chi connectivity index (χ0v) is 17.6. The summed E-state index contributed by atoms with van der Waals surface area (Å²) in [4.78, 5) is 11.5. The first-order valence-corrected chi connectivity index (χ1v) is 10.6. The highest BCUT2D eigenvalue weighted by atomic mass is 19.4. The highest BCUT2D eigenvalue weighted by molar-refractivity contribution is 5.50. The van der Waals surface area contributed by atoms with Crippen LogP contribution in [-0.2, 0) is 13.0 Å². The van der Waals surface area contributed by atoms with Gasteiger partial charge in [0.1, 0.15) is 11.6 Å². The van der Waals surface area contributed by atoms with E-state index in [9.17, 15) is 18.3 Å². The van der Waals surface area contributed by atoms with Crippen LogP contribution in [0.2, 0.25) is 0 Å². The van der Waals surface area contributed by atoms with Crippen LogP contribution in [0.4, 0.5) is 24.9 Å². The van der Waals surface area contributed by atoms with Crippen LogP contribution in [0.3, 0.4) is 0 Å². The summed E-state index contributed by atoms with van der Waals surface area (Å²) in [6.07, 6.45) is -1.88. The number of aliphatic hydroxyl groups is 1. The first kappa shape index (κ1) is 21.7. The summed E-state index contributed by atoms with van der Waals surface area (Å²) in [5.41, 5.74) is 2.80. The Kier molecular flexibility index (Phi) is 5.96. The number of halogens is 3. The standard InChI is InChI=1S/C22H27F3N4O2/c1-13(2)19(12-30)27-21-26-18(14-3-4-14)10-20(28-21)29-8-7-15-9-17(31-22(23,24)25)6-5-16(15)11-29/h5-6,9-10,13-14,19,30H,3-4,7-8,11-12H2,1-2H3,(H,26,27,28)/t19-/m0/s1. The zero-order valence-electron chi connectivity index (χ0n) is 17.6. The zero-order chi connectivity index (χ0) is 22.2. The predicted molar refractivity (Wildman–Crippen MR) is 111 cm³/mol. The Morgan fingerprint density at radius 3 is 2.61 bits per heavy atom. The minimum atomic E-state index is -4.69. The second-order valence-electron chi connectivity index (χ2n) is 8.58. The molecule has 0 saturated heterocycles. The van der Waals surface area contributed by atoms with Gasteiger partial charge in [-0.25, -0.2) is 4.98 Å². The summed E-state index contributed by atoms with van der Waals surface area (Å²) < 4.78 is 41.6. The Balaban J connectivity index is 1.56. The average Bonchev–Trinajstić information content (AvgIpc) is 3.55. The summed E-state index contributed by atoms with van der Waals surface area (Å²) in [6.45, 7) is 5.23. The molecule has 0 spiro atoms. The fourth-order valence-corrected chi connectivity index (χ4v) is 3.78. The van der Waals surface area contributed by atoms with Crippen molar-refractivity contribution in [2.24, 2.45) is 5.92 Å². The maximum absolute atomic E-state index is 12.5. The molecule has 1 aromatic heterocycles. The molecule has 1 aromatic carbocycles. The SMILES string of the molecule is CC(C)[C@H](CO)Nc1nc(C2CC2)cc(N2CCc3cc(OC(F)(F)F)ccc3C2)n1. The molecule has 2 heterocycles. The van der Waals surface area contributed by atoms with Crippen LogP contribution in [0.25, 0.3) is 0 Å². The van der Waals surface area contributed by atoms with E-state index in [0.29, 0.717) is 31.4 Å². The van der Waals surface area contributed by atoms with Gasteiger partial charge in [0.25, 0.3) is 0 Å². The molecule has 2 N–H and O–H groups in total. The van der Waals surface area contributed by atoms with Gasteiger partial charge in [-0.2, -0.15) is 4.98 Å². The fraction of sp³-hybridized carbons (Fsp3) is 0.545. The van der Waals surface area contributed by atoms with Gasteiger partial charge in [-0.15, -0.1) is 13.2 Å². The summed E-state index contributed by atoms with van der Waals surface area (Å²) in [6, 6.07) is 6.38. The average molecular weight is 436 g/mol. The molecule has 9 heteroatoms. The molecule has 0 unspecified atom stereocenters. The van der Waals surface area contributed by atoms with Gasteiger partial charge in [-0.05, 0) is 48.4 Å². The number of aromatic nitrogens is 2. The Hall–Kier alpha value is -2.55. The molecule has 1 saturated carbocycles. The van der Waals surface area contributed by atoms with Crippen molar-refractivity contribution >= 4 is 11.8 Å². The molecule has 0 amide bonds. The first-order chi connectivity index (χ1) is 14.7. The van der Waals surface area contributed by atoms with E-state index in [1.54, 1.807) is 6.07 Å². The minimum absolute atomic E-state index is 0.0105. The smallest absolute Gasteiger partial charge is 0.406 e. The summed E-state index contributed by atoms with van der Waals surface area (Å²) in [5.74, 6) is 1.77. The van der Waals surface area contributed by atoms with Crippen molar-refractivity contribution in [3.63, 3.8) is 0 Å². The third kappa shape index (κ3) is 5.39. The van der Waals surface area contributed by atoms with Crippen molar-refractivity contribution in [3.05, 3.63) is 41.1 Å². The van der Waals surface area contributed by atoms with Crippen LogP contribution in [0.15, 0.2) is 24.3 Å². The largest absolute Gasteiger partial charge is 0.573 e. The number of ether oxygens (including phenoxy) is 1. The van der Waals surface area contributed by atoms with Crippen molar-refractivity contribution in [2.45, 2.75) is 58.0 Å². The van der Waals surface area contributed by atoms with E-state index in [-0.39, 0.29) is 24.3 Å². The number of benzene rings is 1. The van der Waals surface area contributed by atoms with Crippen LogP contribution in [0.5, 0.6) is 5.75 Å². The van der Waals surface area contributed by atoms with Crippen molar-refractivity contribution in [2.75, 3.05) is 23.4 Å². The highest BCUT2D eigenvalue weighted by Gasteiger charge is 2.32. The highest BCUT2D eigenvalue weighted by Crippen LogP contribution is 2.40. The predicted octanol–water partition coefficient (Wildman–Crippen LogP) is 4.24. The number of nitrogens with one attached hydrogen (secondary N) is 1. The second kappa shape index (κ2) is 8.53. The molecule has 2 aromatic rings. The maximum atomic E-state index is 12.5. The van der Waals surface area contributed by atoms with Gasteiger partial charge < -0.3 is 20.1 Å². The molecule has 168 valence electrons. The number of hydrogen-bond acceptors (Lipinski definition) is 6. The van der Waals surface area contributed by atoms with Crippen molar-refractivity contribution in [1.82, 2.24) is 9.97 Å². The lowest BCUT2D eigenvalue weighted by Crippen LogP contribution is -2.33. The van der Waals surface area contributed by atoms with Crippen molar-refractivity contribution in [1.29, 1.82) is 0 Å².